The first-order valence-corrected chi connectivity index (χ1v) is 12.8. The minimum absolute atomic E-state index is 0.159. The molecule has 3 amide bonds. The Morgan fingerprint density at radius 1 is 1.19 bits per heavy atom. The molecule has 0 saturated carbocycles. The molecule has 3 N–H and O–H groups in total. The smallest absolute Gasteiger partial charge is 0.255 e. The van der Waals surface area contributed by atoms with Crippen LogP contribution in [0, 0.1) is 0 Å². The SMILES string of the molecule is CC(=O)N(C)c1nc(C2CCCN2C(=O)[C@H](O)[C@@H](O)C(=O)N[C@H](C)c2ccc(-n3cccn3)cc2)cs1. The molecule has 1 aromatic carbocycles. The Kier molecular flexibility index (Phi) is 8.00. The highest BCUT2D eigenvalue weighted by molar-refractivity contribution is 7.14. The predicted octanol–water partition coefficient (Wildman–Crippen LogP) is 1.57. The average Bonchev–Trinajstić information content (AvgIpc) is 3.68. The summed E-state index contributed by atoms with van der Waals surface area (Å²) in [7, 11) is 1.62. The Balaban J connectivity index is 1.37. The number of benzene rings is 1. The third-order valence-electron chi connectivity index (χ3n) is 6.49. The fourth-order valence-electron chi connectivity index (χ4n) is 4.22. The van der Waals surface area contributed by atoms with Crippen LogP contribution in [0.15, 0.2) is 48.1 Å². The molecule has 0 radical (unpaired) electrons. The van der Waals surface area contributed by atoms with Gasteiger partial charge in [-0.2, -0.15) is 5.10 Å². The lowest BCUT2D eigenvalue weighted by molar-refractivity contribution is -0.154. The minimum Gasteiger partial charge on any atom is -0.380 e. The normalized spacial score (nSPS) is 17.8. The van der Waals surface area contributed by atoms with Gasteiger partial charge in [-0.3, -0.25) is 19.3 Å². The van der Waals surface area contributed by atoms with Gasteiger partial charge in [0.15, 0.2) is 17.3 Å². The maximum absolute atomic E-state index is 13.1. The maximum atomic E-state index is 13.1. The number of aliphatic hydroxyl groups excluding tert-OH is 2. The second-order valence-corrected chi connectivity index (χ2v) is 9.82. The molecule has 1 aliphatic rings. The van der Waals surface area contributed by atoms with Crippen molar-refractivity contribution < 1.29 is 24.6 Å². The van der Waals surface area contributed by atoms with Gasteiger partial charge >= 0.3 is 0 Å². The van der Waals surface area contributed by atoms with Gasteiger partial charge < -0.3 is 20.4 Å². The third kappa shape index (κ3) is 5.71. The van der Waals surface area contributed by atoms with Gasteiger partial charge in [-0.15, -0.1) is 11.3 Å². The number of rotatable bonds is 8. The van der Waals surface area contributed by atoms with Gasteiger partial charge in [0, 0.05) is 38.3 Å². The van der Waals surface area contributed by atoms with E-state index in [1.54, 1.807) is 30.2 Å². The molecule has 2 aromatic heterocycles. The standard InChI is InChI=1S/C25H30N6O5S/c1-15(17-7-9-18(10-8-17)31-13-5-11-26-31)27-23(35)21(33)22(34)24(36)30-12-4-6-20(30)19-14-37-25(28-19)29(3)16(2)32/h5,7-11,13-15,20-22,33-34H,4,6,12H2,1-3H3,(H,27,35)/t15-,20?,21-,22-/m1/s1. The summed E-state index contributed by atoms with van der Waals surface area (Å²) in [6.45, 7) is 3.55. The average molecular weight is 527 g/mol. The van der Waals surface area contributed by atoms with Crippen LogP contribution < -0.4 is 10.2 Å². The van der Waals surface area contributed by atoms with Crippen LogP contribution in [0.1, 0.15) is 50.0 Å². The number of thiazole rings is 1. The van der Waals surface area contributed by atoms with Crippen LogP contribution in [-0.4, -0.2) is 73.4 Å². The van der Waals surface area contributed by atoms with E-state index in [1.807, 2.05) is 36.5 Å². The number of likely N-dealkylation sites (tertiary alicyclic amines) is 1. The number of hydrogen-bond acceptors (Lipinski definition) is 8. The van der Waals surface area contributed by atoms with E-state index in [0.717, 1.165) is 11.3 Å². The van der Waals surface area contributed by atoms with Crippen molar-refractivity contribution >= 4 is 34.2 Å². The van der Waals surface area contributed by atoms with Crippen molar-refractivity contribution in [2.24, 2.45) is 0 Å². The summed E-state index contributed by atoms with van der Waals surface area (Å²) in [6.07, 6.45) is 0.947. The van der Waals surface area contributed by atoms with Crippen molar-refractivity contribution in [3.05, 3.63) is 59.4 Å². The fraction of sp³-hybridized carbons (Fsp3) is 0.400. The number of carbonyl (C=O) groups is 3. The van der Waals surface area contributed by atoms with Crippen LogP contribution >= 0.6 is 11.3 Å². The molecule has 4 rings (SSSR count). The van der Waals surface area contributed by atoms with E-state index in [1.165, 1.54) is 28.1 Å². The quantitative estimate of drug-likeness (QED) is 0.405. The van der Waals surface area contributed by atoms with Crippen LogP contribution in [0.25, 0.3) is 5.69 Å². The highest BCUT2D eigenvalue weighted by atomic mass is 32.1. The van der Waals surface area contributed by atoms with Gasteiger partial charge in [0.2, 0.25) is 5.91 Å². The number of nitrogens with zero attached hydrogens (tertiary/aromatic N) is 5. The first-order valence-electron chi connectivity index (χ1n) is 11.9. The molecule has 11 nitrogen and oxygen atoms in total. The van der Waals surface area contributed by atoms with Crippen LogP contribution in [0.5, 0.6) is 0 Å². The van der Waals surface area contributed by atoms with Crippen molar-refractivity contribution in [3.63, 3.8) is 0 Å². The number of anilines is 1. The molecule has 4 atom stereocenters. The molecule has 1 unspecified atom stereocenters. The third-order valence-corrected chi connectivity index (χ3v) is 7.42. The van der Waals surface area contributed by atoms with Gasteiger partial charge in [-0.05, 0) is 43.5 Å². The number of aromatic nitrogens is 3. The summed E-state index contributed by atoms with van der Waals surface area (Å²) in [5, 5.41) is 30.2. The molecule has 0 aliphatic carbocycles. The lowest BCUT2D eigenvalue weighted by atomic mass is 10.1. The maximum Gasteiger partial charge on any atom is 0.255 e. The molecule has 1 saturated heterocycles. The van der Waals surface area contributed by atoms with Crippen LogP contribution in [0.2, 0.25) is 0 Å². The number of hydrogen-bond donors (Lipinski definition) is 3. The molecule has 1 fully saturated rings. The van der Waals surface area contributed by atoms with Gasteiger partial charge in [0.1, 0.15) is 0 Å². The first kappa shape index (κ1) is 26.5. The lowest BCUT2D eigenvalue weighted by Gasteiger charge is -2.28. The first-order chi connectivity index (χ1) is 17.7. The Bertz CT molecular complexity index is 1240. The summed E-state index contributed by atoms with van der Waals surface area (Å²) in [5.41, 5.74) is 2.25. The zero-order valence-electron chi connectivity index (χ0n) is 20.8. The van der Waals surface area contributed by atoms with E-state index < -0.39 is 36.1 Å². The Labute approximate surface area is 218 Å². The number of aliphatic hydroxyl groups is 2. The van der Waals surface area contributed by atoms with E-state index in [4.69, 9.17) is 0 Å². The molecule has 0 spiro atoms. The summed E-state index contributed by atoms with van der Waals surface area (Å²) in [4.78, 5) is 44.7. The molecule has 1 aliphatic heterocycles. The molecule has 0 bridgehead atoms. The monoisotopic (exact) mass is 526 g/mol. The predicted molar refractivity (Wildman–Crippen MR) is 137 cm³/mol. The van der Waals surface area contributed by atoms with Gasteiger partial charge in [0.05, 0.1) is 23.5 Å². The summed E-state index contributed by atoms with van der Waals surface area (Å²) in [6, 6.07) is 8.30. The topological polar surface area (TPSA) is 141 Å². The highest BCUT2D eigenvalue weighted by Crippen LogP contribution is 2.35. The van der Waals surface area contributed by atoms with Crippen molar-refractivity contribution in [3.8, 4) is 5.69 Å². The summed E-state index contributed by atoms with van der Waals surface area (Å²) < 4.78 is 1.71. The minimum atomic E-state index is -1.94. The second kappa shape index (κ2) is 11.2. The van der Waals surface area contributed by atoms with E-state index in [-0.39, 0.29) is 5.91 Å². The zero-order chi connectivity index (χ0) is 26.7. The molecular formula is C25H30N6O5S. The molecule has 3 aromatic rings. The number of carbonyl (C=O) groups excluding carboxylic acids is 3. The van der Waals surface area contributed by atoms with Gasteiger partial charge in [0.25, 0.3) is 11.8 Å². The van der Waals surface area contributed by atoms with Crippen molar-refractivity contribution in [2.75, 3.05) is 18.5 Å². The van der Waals surface area contributed by atoms with E-state index in [9.17, 15) is 24.6 Å². The zero-order valence-corrected chi connectivity index (χ0v) is 21.6. The number of nitrogens with one attached hydrogen (secondary N) is 1. The fourth-order valence-corrected chi connectivity index (χ4v) is 5.10. The highest BCUT2D eigenvalue weighted by Gasteiger charge is 2.39. The van der Waals surface area contributed by atoms with Gasteiger partial charge in [-0.1, -0.05) is 12.1 Å². The van der Waals surface area contributed by atoms with Crippen molar-refractivity contribution in [1.82, 2.24) is 25.0 Å². The van der Waals surface area contributed by atoms with E-state index in [0.29, 0.717) is 30.2 Å². The van der Waals surface area contributed by atoms with Gasteiger partial charge in [-0.25, -0.2) is 9.67 Å². The van der Waals surface area contributed by atoms with Crippen LogP contribution in [-0.2, 0) is 14.4 Å². The molecular weight excluding hydrogens is 496 g/mol. The van der Waals surface area contributed by atoms with E-state index >= 15 is 0 Å². The second-order valence-electron chi connectivity index (χ2n) is 8.98. The number of amides is 3. The van der Waals surface area contributed by atoms with Crippen LogP contribution in [0.4, 0.5) is 5.13 Å². The molecule has 3 heterocycles. The molecule has 12 heteroatoms. The Morgan fingerprint density at radius 3 is 2.57 bits per heavy atom. The summed E-state index contributed by atoms with van der Waals surface area (Å²) >= 11 is 1.29. The largest absolute Gasteiger partial charge is 0.380 e. The van der Waals surface area contributed by atoms with Crippen molar-refractivity contribution in [1.29, 1.82) is 0 Å². The van der Waals surface area contributed by atoms with Crippen molar-refractivity contribution in [2.45, 2.75) is 51.0 Å². The lowest BCUT2D eigenvalue weighted by Crippen LogP contribution is -2.51. The van der Waals surface area contributed by atoms with Crippen LogP contribution in [0.3, 0.4) is 0 Å². The molecule has 196 valence electrons. The van der Waals surface area contributed by atoms with E-state index in [2.05, 4.69) is 15.4 Å². The summed E-state index contributed by atoms with van der Waals surface area (Å²) in [5.74, 6) is -1.75. The molecule has 37 heavy (non-hydrogen) atoms. The Morgan fingerprint density at radius 2 is 1.92 bits per heavy atom. The Hall–Kier alpha value is -3.61.